The Morgan fingerprint density at radius 1 is 1.10 bits per heavy atom. The molecule has 4 aromatic rings. The lowest BCUT2D eigenvalue weighted by molar-refractivity contribution is -0.118. The van der Waals surface area contributed by atoms with Gasteiger partial charge >= 0.3 is 0 Å². The minimum Gasteiger partial charge on any atom is -0.482 e. The molecular formula is C20H15Cl2N5O2. The number of halogens is 2. The lowest BCUT2D eigenvalue weighted by Gasteiger charge is -2.10. The van der Waals surface area contributed by atoms with Gasteiger partial charge < -0.3 is 10.1 Å². The Morgan fingerprint density at radius 2 is 1.93 bits per heavy atom. The van der Waals surface area contributed by atoms with E-state index in [1.54, 1.807) is 28.8 Å². The number of aromatic nitrogens is 4. The van der Waals surface area contributed by atoms with Gasteiger partial charge in [-0.1, -0.05) is 41.4 Å². The fraction of sp³-hybridized carbons (Fsp3) is 0.100. The van der Waals surface area contributed by atoms with E-state index in [9.17, 15) is 4.79 Å². The Balaban J connectivity index is 1.47. The number of carbonyl (C=O) groups excluding carboxylic acids is 1. The third-order valence-corrected chi connectivity index (χ3v) is 4.94. The molecule has 0 saturated carbocycles. The molecule has 0 aliphatic carbocycles. The first-order chi connectivity index (χ1) is 14.0. The molecule has 7 nitrogen and oxygen atoms in total. The highest BCUT2D eigenvalue weighted by molar-refractivity contribution is 6.42. The summed E-state index contributed by atoms with van der Waals surface area (Å²) in [5, 5.41) is 16.0. The Labute approximate surface area is 176 Å². The molecule has 9 heteroatoms. The second-order valence-corrected chi connectivity index (χ2v) is 6.99. The van der Waals surface area contributed by atoms with Crippen LogP contribution in [0, 0.1) is 6.92 Å². The third kappa shape index (κ3) is 4.16. The molecule has 0 saturated heterocycles. The molecule has 0 bridgehead atoms. The lowest BCUT2D eigenvalue weighted by Crippen LogP contribution is -2.20. The Bertz CT molecular complexity index is 1210. The first-order valence-corrected chi connectivity index (χ1v) is 9.43. The average molecular weight is 428 g/mol. The maximum absolute atomic E-state index is 12.3. The zero-order chi connectivity index (χ0) is 20.4. The van der Waals surface area contributed by atoms with Crippen LogP contribution in [0.25, 0.3) is 16.9 Å². The maximum atomic E-state index is 12.3. The van der Waals surface area contributed by atoms with Crippen molar-refractivity contribution in [2.75, 3.05) is 11.9 Å². The van der Waals surface area contributed by atoms with Crippen LogP contribution in [0.4, 0.5) is 5.69 Å². The van der Waals surface area contributed by atoms with E-state index in [-0.39, 0.29) is 17.5 Å². The normalized spacial score (nSPS) is 10.9. The Morgan fingerprint density at radius 3 is 2.79 bits per heavy atom. The van der Waals surface area contributed by atoms with E-state index >= 15 is 0 Å². The summed E-state index contributed by atoms with van der Waals surface area (Å²) in [4.78, 5) is 12.3. The van der Waals surface area contributed by atoms with Crippen LogP contribution in [0.3, 0.4) is 0 Å². The van der Waals surface area contributed by atoms with Gasteiger partial charge in [-0.15, -0.1) is 10.2 Å². The fourth-order valence-corrected chi connectivity index (χ4v) is 3.09. The van der Waals surface area contributed by atoms with Crippen molar-refractivity contribution in [2.45, 2.75) is 6.92 Å². The quantitative estimate of drug-likeness (QED) is 0.509. The number of anilines is 1. The lowest BCUT2D eigenvalue weighted by atomic mass is 10.1. The van der Waals surface area contributed by atoms with Crippen LogP contribution < -0.4 is 10.1 Å². The number of hydrogen-bond donors (Lipinski definition) is 1. The zero-order valence-corrected chi connectivity index (χ0v) is 16.8. The molecule has 0 aliphatic heterocycles. The van der Waals surface area contributed by atoms with E-state index in [1.807, 2.05) is 37.3 Å². The van der Waals surface area contributed by atoms with E-state index < -0.39 is 0 Å². The molecule has 29 heavy (non-hydrogen) atoms. The first kappa shape index (κ1) is 19.2. The van der Waals surface area contributed by atoms with Gasteiger partial charge in [-0.25, -0.2) is 0 Å². The summed E-state index contributed by atoms with van der Waals surface area (Å²) in [6.07, 6.45) is 0. The Hall–Kier alpha value is -3.16. The number of hydrogen-bond acceptors (Lipinski definition) is 5. The fourth-order valence-electron chi connectivity index (χ4n) is 2.74. The number of rotatable bonds is 5. The van der Waals surface area contributed by atoms with E-state index in [4.69, 9.17) is 27.9 Å². The van der Waals surface area contributed by atoms with Crippen LogP contribution >= 0.6 is 23.2 Å². The van der Waals surface area contributed by atoms with Crippen LogP contribution in [0.15, 0.2) is 54.6 Å². The van der Waals surface area contributed by atoms with Gasteiger partial charge in [0, 0.05) is 11.3 Å². The number of carbonyl (C=O) groups is 1. The van der Waals surface area contributed by atoms with E-state index in [0.29, 0.717) is 27.9 Å². The zero-order valence-electron chi connectivity index (χ0n) is 15.3. The van der Waals surface area contributed by atoms with Gasteiger partial charge in [0.25, 0.3) is 5.91 Å². The minimum atomic E-state index is -0.323. The van der Waals surface area contributed by atoms with Crippen molar-refractivity contribution in [3.63, 3.8) is 0 Å². The van der Waals surface area contributed by atoms with Gasteiger partial charge in [0.15, 0.2) is 18.1 Å². The molecule has 0 atom stereocenters. The SMILES string of the molecule is Cc1nnc2ccc(-c3cccc(NC(=O)COc4cccc(Cl)c4Cl)c3)nn12. The van der Waals surface area contributed by atoms with Crippen LogP contribution in [-0.4, -0.2) is 32.3 Å². The average Bonchev–Trinajstić information content (AvgIpc) is 3.09. The summed E-state index contributed by atoms with van der Waals surface area (Å²) in [6, 6.07) is 16.1. The monoisotopic (exact) mass is 427 g/mol. The highest BCUT2D eigenvalue weighted by Gasteiger charge is 2.10. The van der Waals surface area contributed by atoms with Crippen molar-refractivity contribution >= 4 is 40.4 Å². The van der Waals surface area contributed by atoms with Gasteiger partial charge in [0.1, 0.15) is 10.8 Å². The van der Waals surface area contributed by atoms with Gasteiger partial charge in [-0.3, -0.25) is 4.79 Å². The Kier molecular flexibility index (Phi) is 5.33. The summed E-state index contributed by atoms with van der Waals surface area (Å²) in [6.45, 7) is 1.63. The molecule has 1 N–H and O–H groups in total. The van der Waals surface area contributed by atoms with Crippen molar-refractivity contribution in [3.8, 4) is 17.0 Å². The number of benzene rings is 2. The number of nitrogens with one attached hydrogen (secondary N) is 1. The molecule has 2 heterocycles. The smallest absolute Gasteiger partial charge is 0.262 e. The molecule has 1 amide bonds. The van der Waals surface area contributed by atoms with Crippen molar-refractivity contribution in [3.05, 3.63) is 70.5 Å². The molecule has 0 aliphatic rings. The van der Waals surface area contributed by atoms with Gasteiger partial charge in [-0.05, 0) is 43.3 Å². The standard InChI is InChI=1S/C20H15Cl2N5O2/c1-12-24-25-18-9-8-16(26-27(12)18)13-4-2-5-14(10-13)23-19(28)11-29-17-7-3-6-15(21)20(17)22/h2-10H,11H2,1H3,(H,23,28). The van der Waals surface area contributed by atoms with Crippen LogP contribution in [0.5, 0.6) is 5.75 Å². The summed E-state index contributed by atoms with van der Waals surface area (Å²) < 4.78 is 7.13. The van der Waals surface area contributed by atoms with E-state index in [0.717, 1.165) is 11.3 Å². The summed E-state index contributed by atoms with van der Waals surface area (Å²) in [5.74, 6) is 0.726. The number of ether oxygens (including phenoxy) is 1. The van der Waals surface area contributed by atoms with Gasteiger partial charge in [0.05, 0.1) is 10.7 Å². The first-order valence-electron chi connectivity index (χ1n) is 8.67. The highest BCUT2D eigenvalue weighted by atomic mass is 35.5. The molecule has 146 valence electrons. The van der Waals surface area contributed by atoms with Crippen LogP contribution in [0.1, 0.15) is 5.82 Å². The molecule has 0 spiro atoms. The van der Waals surface area contributed by atoms with Crippen molar-refractivity contribution in [1.29, 1.82) is 0 Å². The predicted octanol–water partition coefficient (Wildman–Crippen LogP) is 4.42. The number of amides is 1. The van der Waals surface area contributed by atoms with Crippen molar-refractivity contribution in [2.24, 2.45) is 0 Å². The molecule has 0 radical (unpaired) electrons. The molecular weight excluding hydrogens is 413 g/mol. The number of nitrogens with zero attached hydrogens (tertiary/aromatic N) is 4. The maximum Gasteiger partial charge on any atom is 0.262 e. The third-order valence-electron chi connectivity index (χ3n) is 4.14. The molecule has 2 aromatic heterocycles. The largest absolute Gasteiger partial charge is 0.482 e. The summed E-state index contributed by atoms with van der Waals surface area (Å²) in [5.41, 5.74) is 2.87. The second-order valence-electron chi connectivity index (χ2n) is 6.21. The van der Waals surface area contributed by atoms with Crippen molar-refractivity contribution in [1.82, 2.24) is 19.8 Å². The van der Waals surface area contributed by atoms with Crippen LogP contribution in [-0.2, 0) is 4.79 Å². The molecule has 4 rings (SSSR count). The predicted molar refractivity (Wildman–Crippen MR) is 112 cm³/mol. The molecule has 0 fully saturated rings. The van der Waals surface area contributed by atoms with E-state index in [2.05, 4.69) is 20.6 Å². The van der Waals surface area contributed by atoms with Crippen molar-refractivity contribution < 1.29 is 9.53 Å². The van der Waals surface area contributed by atoms with Gasteiger partial charge in [-0.2, -0.15) is 9.61 Å². The molecule has 2 aromatic carbocycles. The second kappa shape index (κ2) is 8.06. The van der Waals surface area contributed by atoms with Crippen LogP contribution in [0.2, 0.25) is 10.0 Å². The minimum absolute atomic E-state index is 0.200. The van der Waals surface area contributed by atoms with E-state index in [1.165, 1.54) is 0 Å². The summed E-state index contributed by atoms with van der Waals surface area (Å²) >= 11 is 12.0. The highest BCUT2D eigenvalue weighted by Crippen LogP contribution is 2.31. The van der Waals surface area contributed by atoms with Gasteiger partial charge in [0.2, 0.25) is 0 Å². The summed E-state index contributed by atoms with van der Waals surface area (Å²) in [7, 11) is 0. The molecule has 0 unspecified atom stereocenters. The topological polar surface area (TPSA) is 81.4 Å². The number of aryl methyl sites for hydroxylation is 1. The number of fused-ring (bicyclic) bond motifs is 1.